The second kappa shape index (κ2) is 15.4. The number of hydrogen-bond acceptors (Lipinski definition) is 4. The van der Waals surface area contributed by atoms with E-state index >= 15 is 0 Å². The zero-order valence-electron chi connectivity index (χ0n) is 18.8. The lowest BCUT2D eigenvalue weighted by atomic mass is 10.1. The summed E-state index contributed by atoms with van der Waals surface area (Å²) in [5.74, 6) is -0.350. The first-order valence-electron chi connectivity index (χ1n) is 11.3. The molecular formula is C25H34ClN3O3. The Morgan fingerprint density at radius 2 is 1.44 bits per heavy atom. The van der Waals surface area contributed by atoms with Gasteiger partial charge >= 0.3 is 0 Å². The summed E-state index contributed by atoms with van der Waals surface area (Å²) in [7, 11) is 0. The Balaban J connectivity index is 1.57. The highest BCUT2D eigenvalue weighted by atomic mass is 35.5. The number of nitrogens with one attached hydrogen (secondary N) is 3. The molecule has 0 saturated heterocycles. The number of carbonyl (C=O) groups is 2. The van der Waals surface area contributed by atoms with Gasteiger partial charge in [0.1, 0.15) is 0 Å². The lowest BCUT2D eigenvalue weighted by Gasteiger charge is -2.09. The molecule has 0 spiro atoms. The summed E-state index contributed by atoms with van der Waals surface area (Å²) >= 11 is 5.84. The SMILES string of the molecule is CCCCCOCCCCCNNC(=O)c1ccc(CNC(=O)c2ccc(Cl)cc2)cc1. The van der Waals surface area contributed by atoms with Crippen LogP contribution in [-0.2, 0) is 11.3 Å². The van der Waals surface area contributed by atoms with E-state index < -0.39 is 0 Å². The summed E-state index contributed by atoms with van der Waals surface area (Å²) in [5.41, 5.74) is 7.72. The van der Waals surface area contributed by atoms with E-state index in [1.165, 1.54) is 12.8 Å². The van der Waals surface area contributed by atoms with Gasteiger partial charge in [-0.05, 0) is 67.6 Å². The molecule has 0 aliphatic carbocycles. The highest BCUT2D eigenvalue weighted by molar-refractivity contribution is 6.30. The second-order valence-corrected chi connectivity index (χ2v) is 8.08. The molecule has 0 aromatic heterocycles. The van der Waals surface area contributed by atoms with Crippen LogP contribution < -0.4 is 16.2 Å². The zero-order valence-corrected chi connectivity index (χ0v) is 19.5. The van der Waals surface area contributed by atoms with E-state index in [0.29, 0.717) is 22.7 Å². The minimum atomic E-state index is -0.180. The molecule has 0 bridgehead atoms. The standard InChI is InChI=1S/C25H34ClN3O3/c1-2-3-6-17-32-18-7-4-5-16-28-29-25(31)22-10-8-20(9-11-22)19-27-24(30)21-12-14-23(26)15-13-21/h8-15,28H,2-7,16-19H2,1H3,(H,27,30)(H,29,31). The number of unbranched alkanes of at least 4 members (excludes halogenated alkanes) is 4. The average Bonchev–Trinajstić information content (AvgIpc) is 2.81. The third kappa shape index (κ3) is 10.3. The largest absolute Gasteiger partial charge is 0.381 e. The van der Waals surface area contributed by atoms with Gasteiger partial charge in [0.2, 0.25) is 0 Å². The maximum Gasteiger partial charge on any atom is 0.265 e. The van der Waals surface area contributed by atoms with Gasteiger partial charge in [-0.3, -0.25) is 15.0 Å². The quantitative estimate of drug-likeness (QED) is 0.262. The summed E-state index contributed by atoms with van der Waals surface area (Å²) in [6, 6.07) is 13.9. The van der Waals surface area contributed by atoms with Crippen LogP contribution in [0.5, 0.6) is 0 Å². The molecule has 0 fully saturated rings. The van der Waals surface area contributed by atoms with Crippen LogP contribution in [0.15, 0.2) is 48.5 Å². The predicted octanol–water partition coefficient (Wildman–Crippen LogP) is 4.88. The first-order valence-corrected chi connectivity index (χ1v) is 11.7. The van der Waals surface area contributed by atoms with Gasteiger partial charge in [-0.25, -0.2) is 5.43 Å². The van der Waals surface area contributed by atoms with Gasteiger partial charge in [0.25, 0.3) is 11.8 Å². The van der Waals surface area contributed by atoms with Crippen molar-refractivity contribution in [2.24, 2.45) is 0 Å². The Morgan fingerprint density at radius 3 is 2.12 bits per heavy atom. The summed E-state index contributed by atoms with van der Waals surface area (Å²) in [5, 5.41) is 3.45. The Labute approximate surface area is 196 Å². The number of ether oxygens (including phenoxy) is 1. The molecular weight excluding hydrogens is 426 g/mol. The van der Waals surface area contributed by atoms with E-state index in [9.17, 15) is 9.59 Å². The molecule has 2 amide bonds. The van der Waals surface area contributed by atoms with Crippen molar-refractivity contribution < 1.29 is 14.3 Å². The lowest BCUT2D eigenvalue weighted by Crippen LogP contribution is -2.37. The van der Waals surface area contributed by atoms with Crippen molar-refractivity contribution in [1.82, 2.24) is 16.2 Å². The molecule has 0 aliphatic rings. The molecule has 0 radical (unpaired) electrons. The number of carbonyl (C=O) groups excluding carboxylic acids is 2. The molecule has 174 valence electrons. The maximum atomic E-state index is 12.2. The van der Waals surface area contributed by atoms with Crippen molar-refractivity contribution in [2.75, 3.05) is 19.8 Å². The normalized spacial score (nSPS) is 10.7. The van der Waals surface area contributed by atoms with Crippen molar-refractivity contribution in [3.05, 3.63) is 70.2 Å². The molecule has 0 atom stereocenters. The highest BCUT2D eigenvalue weighted by Crippen LogP contribution is 2.10. The van der Waals surface area contributed by atoms with Gasteiger partial charge in [-0.2, -0.15) is 0 Å². The van der Waals surface area contributed by atoms with E-state index in [1.807, 2.05) is 12.1 Å². The second-order valence-electron chi connectivity index (χ2n) is 7.65. The van der Waals surface area contributed by atoms with Gasteiger partial charge in [0, 0.05) is 42.5 Å². The maximum absolute atomic E-state index is 12.2. The van der Waals surface area contributed by atoms with Crippen LogP contribution in [-0.4, -0.2) is 31.6 Å². The first kappa shape index (κ1) is 25.8. The van der Waals surface area contributed by atoms with Crippen LogP contribution in [0.3, 0.4) is 0 Å². The highest BCUT2D eigenvalue weighted by Gasteiger charge is 2.07. The predicted molar refractivity (Wildman–Crippen MR) is 129 cm³/mol. The monoisotopic (exact) mass is 459 g/mol. The van der Waals surface area contributed by atoms with Gasteiger partial charge in [-0.15, -0.1) is 0 Å². The van der Waals surface area contributed by atoms with Crippen molar-refractivity contribution >= 4 is 23.4 Å². The molecule has 2 aromatic rings. The van der Waals surface area contributed by atoms with Crippen LogP contribution in [0.4, 0.5) is 0 Å². The molecule has 7 heteroatoms. The number of rotatable bonds is 15. The van der Waals surface area contributed by atoms with Crippen LogP contribution in [0.1, 0.15) is 71.7 Å². The summed E-state index contributed by atoms with van der Waals surface area (Å²) in [6.45, 7) is 4.95. The Hall–Kier alpha value is -2.41. The molecule has 6 nitrogen and oxygen atoms in total. The molecule has 0 saturated carbocycles. The topological polar surface area (TPSA) is 79.5 Å². The van der Waals surface area contributed by atoms with Gasteiger partial charge in [0.05, 0.1) is 0 Å². The molecule has 0 heterocycles. The van der Waals surface area contributed by atoms with Gasteiger partial charge in [0.15, 0.2) is 0 Å². The molecule has 3 N–H and O–H groups in total. The van der Waals surface area contributed by atoms with Crippen molar-refractivity contribution in [3.8, 4) is 0 Å². The van der Waals surface area contributed by atoms with E-state index in [2.05, 4.69) is 23.1 Å². The van der Waals surface area contributed by atoms with E-state index in [4.69, 9.17) is 16.3 Å². The number of hydrogen-bond donors (Lipinski definition) is 3. The fourth-order valence-electron chi connectivity index (χ4n) is 3.03. The molecule has 2 rings (SSSR count). The number of halogens is 1. The van der Waals surface area contributed by atoms with Crippen molar-refractivity contribution in [2.45, 2.75) is 52.0 Å². The van der Waals surface area contributed by atoms with E-state index in [-0.39, 0.29) is 11.8 Å². The smallest absolute Gasteiger partial charge is 0.265 e. The van der Waals surface area contributed by atoms with Crippen LogP contribution in [0, 0.1) is 0 Å². The fraction of sp³-hybridized carbons (Fsp3) is 0.440. The summed E-state index contributed by atoms with van der Waals surface area (Å²) in [6.07, 6.45) is 6.67. The van der Waals surface area contributed by atoms with E-state index in [1.54, 1.807) is 36.4 Å². The number of amides is 2. The van der Waals surface area contributed by atoms with E-state index in [0.717, 1.165) is 51.0 Å². The van der Waals surface area contributed by atoms with Crippen LogP contribution >= 0.6 is 11.6 Å². The molecule has 32 heavy (non-hydrogen) atoms. The Bertz CT molecular complexity index is 810. The lowest BCUT2D eigenvalue weighted by molar-refractivity contribution is 0.0928. The Kier molecular flexibility index (Phi) is 12.4. The van der Waals surface area contributed by atoms with Crippen LogP contribution in [0.2, 0.25) is 5.02 Å². The third-order valence-electron chi connectivity index (χ3n) is 4.96. The minimum Gasteiger partial charge on any atom is -0.381 e. The van der Waals surface area contributed by atoms with Gasteiger partial charge in [-0.1, -0.05) is 43.5 Å². The number of benzene rings is 2. The third-order valence-corrected chi connectivity index (χ3v) is 5.21. The average molecular weight is 460 g/mol. The van der Waals surface area contributed by atoms with Crippen molar-refractivity contribution in [1.29, 1.82) is 0 Å². The first-order chi connectivity index (χ1) is 15.6. The fourth-order valence-corrected chi connectivity index (χ4v) is 3.15. The van der Waals surface area contributed by atoms with Crippen molar-refractivity contribution in [3.63, 3.8) is 0 Å². The van der Waals surface area contributed by atoms with Gasteiger partial charge < -0.3 is 10.1 Å². The zero-order chi connectivity index (χ0) is 23.0. The Morgan fingerprint density at radius 1 is 0.812 bits per heavy atom. The molecule has 0 unspecified atom stereocenters. The van der Waals surface area contributed by atoms with Crippen LogP contribution in [0.25, 0.3) is 0 Å². The minimum absolute atomic E-state index is 0.171. The molecule has 2 aromatic carbocycles. The number of hydrazine groups is 1. The summed E-state index contributed by atoms with van der Waals surface area (Å²) in [4.78, 5) is 24.4. The summed E-state index contributed by atoms with van der Waals surface area (Å²) < 4.78 is 5.59. The molecule has 0 aliphatic heterocycles.